The zero-order chi connectivity index (χ0) is 14.4. The molecule has 2 unspecified atom stereocenters. The van der Waals surface area contributed by atoms with Crippen molar-refractivity contribution in [1.29, 1.82) is 0 Å². The van der Waals surface area contributed by atoms with Gasteiger partial charge in [0.25, 0.3) is 0 Å². The minimum absolute atomic E-state index is 0.0735. The van der Waals surface area contributed by atoms with Crippen molar-refractivity contribution in [3.05, 3.63) is 11.6 Å². The standard InChI is InChI=1S/C16H24O4/c1-11(2)12-4-7-15(3)14(10-12)18-16(20-19-15)8-5-13(17)6-9-16/h10-11,14H,4-9H2,1-3H3. The van der Waals surface area contributed by atoms with Gasteiger partial charge < -0.3 is 4.74 Å². The lowest BCUT2D eigenvalue weighted by molar-refractivity contribution is -0.525. The maximum absolute atomic E-state index is 11.4. The zero-order valence-corrected chi connectivity index (χ0v) is 12.6. The average Bonchev–Trinajstić information content (AvgIpc) is 2.42. The molecule has 1 heterocycles. The van der Waals surface area contributed by atoms with Gasteiger partial charge in [-0.25, -0.2) is 9.78 Å². The Bertz CT molecular complexity index is 430. The Balaban J connectivity index is 1.80. The lowest BCUT2D eigenvalue weighted by Crippen LogP contribution is -2.58. The second-order valence-corrected chi connectivity index (χ2v) is 6.86. The second kappa shape index (κ2) is 4.93. The van der Waals surface area contributed by atoms with E-state index in [1.807, 2.05) is 6.92 Å². The highest BCUT2D eigenvalue weighted by atomic mass is 17.2. The van der Waals surface area contributed by atoms with Crippen LogP contribution >= 0.6 is 0 Å². The van der Waals surface area contributed by atoms with E-state index in [9.17, 15) is 4.79 Å². The summed E-state index contributed by atoms with van der Waals surface area (Å²) < 4.78 is 6.27. The Morgan fingerprint density at radius 1 is 1.15 bits per heavy atom. The lowest BCUT2D eigenvalue weighted by atomic mass is 9.80. The Labute approximate surface area is 120 Å². The molecule has 2 aliphatic carbocycles. The first-order chi connectivity index (χ1) is 9.42. The normalized spacial score (nSPS) is 36.9. The van der Waals surface area contributed by atoms with E-state index in [0.29, 0.717) is 37.4 Å². The van der Waals surface area contributed by atoms with Gasteiger partial charge >= 0.3 is 0 Å². The van der Waals surface area contributed by atoms with E-state index >= 15 is 0 Å². The molecule has 2 fully saturated rings. The fraction of sp³-hybridized carbons (Fsp3) is 0.812. The van der Waals surface area contributed by atoms with Crippen LogP contribution in [0.5, 0.6) is 0 Å². The Morgan fingerprint density at radius 2 is 1.85 bits per heavy atom. The molecule has 0 aromatic heterocycles. The van der Waals surface area contributed by atoms with Gasteiger partial charge in [-0.15, -0.1) is 0 Å². The molecule has 3 rings (SSSR count). The molecule has 112 valence electrons. The number of carbonyl (C=O) groups excluding carboxylic acids is 1. The maximum atomic E-state index is 11.4. The summed E-state index contributed by atoms with van der Waals surface area (Å²) in [5, 5.41) is 0. The van der Waals surface area contributed by atoms with Gasteiger partial charge in [-0.1, -0.05) is 25.5 Å². The number of fused-ring (bicyclic) bond motifs is 1. The van der Waals surface area contributed by atoms with Crippen LogP contribution in [0.1, 0.15) is 59.3 Å². The summed E-state index contributed by atoms with van der Waals surface area (Å²) in [5.74, 6) is 0.113. The van der Waals surface area contributed by atoms with E-state index in [2.05, 4.69) is 19.9 Å². The molecule has 3 aliphatic rings. The van der Waals surface area contributed by atoms with Crippen molar-refractivity contribution in [2.75, 3.05) is 0 Å². The van der Waals surface area contributed by atoms with Crippen molar-refractivity contribution < 1.29 is 19.3 Å². The molecule has 1 saturated heterocycles. The molecule has 1 aliphatic heterocycles. The number of carbonyl (C=O) groups is 1. The van der Waals surface area contributed by atoms with E-state index < -0.39 is 11.4 Å². The first-order valence-corrected chi connectivity index (χ1v) is 7.69. The molecular weight excluding hydrogens is 256 g/mol. The molecule has 2 atom stereocenters. The van der Waals surface area contributed by atoms with Gasteiger partial charge in [-0.3, -0.25) is 4.79 Å². The summed E-state index contributed by atoms with van der Waals surface area (Å²) in [4.78, 5) is 22.8. The topological polar surface area (TPSA) is 44.8 Å². The van der Waals surface area contributed by atoms with Crippen molar-refractivity contribution in [2.45, 2.75) is 76.8 Å². The largest absolute Gasteiger partial charge is 0.337 e. The van der Waals surface area contributed by atoms with Gasteiger partial charge in [0, 0.05) is 25.7 Å². The first kappa shape index (κ1) is 14.2. The third-order valence-corrected chi connectivity index (χ3v) is 4.91. The van der Waals surface area contributed by atoms with Crippen LogP contribution in [0.25, 0.3) is 0 Å². The minimum Gasteiger partial charge on any atom is -0.337 e. The summed E-state index contributed by atoms with van der Waals surface area (Å²) in [5.41, 5.74) is 1.03. The number of hydrogen-bond donors (Lipinski definition) is 0. The number of ketones is 1. The van der Waals surface area contributed by atoms with Gasteiger partial charge in [0.2, 0.25) is 5.79 Å². The molecule has 0 radical (unpaired) electrons. The van der Waals surface area contributed by atoms with Crippen molar-refractivity contribution in [3.63, 3.8) is 0 Å². The lowest BCUT2D eigenvalue weighted by Gasteiger charge is -2.50. The van der Waals surface area contributed by atoms with Crippen LogP contribution in [0, 0.1) is 5.92 Å². The van der Waals surface area contributed by atoms with E-state index in [1.54, 1.807) is 0 Å². The Kier molecular flexibility index (Phi) is 3.51. The molecule has 4 heteroatoms. The zero-order valence-electron chi connectivity index (χ0n) is 12.6. The van der Waals surface area contributed by atoms with Crippen LogP contribution < -0.4 is 0 Å². The molecule has 0 aromatic carbocycles. The van der Waals surface area contributed by atoms with Crippen molar-refractivity contribution in [2.24, 2.45) is 5.92 Å². The fourth-order valence-electron chi connectivity index (χ4n) is 3.25. The molecule has 0 N–H and O–H groups in total. The monoisotopic (exact) mass is 280 g/mol. The van der Waals surface area contributed by atoms with E-state index in [0.717, 1.165) is 12.8 Å². The highest BCUT2D eigenvalue weighted by Gasteiger charge is 2.52. The molecule has 20 heavy (non-hydrogen) atoms. The van der Waals surface area contributed by atoms with Crippen LogP contribution in [-0.2, 0) is 19.3 Å². The molecule has 1 spiro atoms. The Morgan fingerprint density at radius 3 is 2.50 bits per heavy atom. The summed E-state index contributed by atoms with van der Waals surface area (Å²) in [6, 6.07) is 0. The van der Waals surface area contributed by atoms with Gasteiger partial charge in [0.1, 0.15) is 17.5 Å². The molecule has 0 bridgehead atoms. The van der Waals surface area contributed by atoms with Gasteiger partial charge in [0.15, 0.2) is 0 Å². The number of Topliss-reactive ketones (excluding diaryl/α,β-unsaturated/α-hetero) is 1. The smallest absolute Gasteiger partial charge is 0.203 e. The van der Waals surface area contributed by atoms with Crippen LogP contribution in [0.2, 0.25) is 0 Å². The highest BCUT2D eigenvalue weighted by Crippen LogP contribution is 2.45. The molecular formula is C16H24O4. The summed E-state index contributed by atoms with van der Waals surface area (Å²) in [6.45, 7) is 6.47. The molecule has 1 saturated carbocycles. The summed E-state index contributed by atoms with van der Waals surface area (Å²) in [7, 11) is 0. The van der Waals surface area contributed by atoms with Crippen molar-refractivity contribution in [3.8, 4) is 0 Å². The quantitative estimate of drug-likeness (QED) is 0.546. The molecule has 4 nitrogen and oxygen atoms in total. The van der Waals surface area contributed by atoms with Crippen LogP contribution in [0.4, 0.5) is 0 Å². The van der Waals surface area contributed by atoms with E-state index in [-0.39, 0.29) is 6.10 Å². The third-order valence-electron chi connectivity index (χ3n) is 4.91. The third kappa shape index (κ3) is 2.45. The maximum Gasteiger partial charge on any atom is 0.203 e. The number of ether oxygens (including phenoxy) is 1. The van der Waals surface area contributed by atoms with E-state index in [4.69, 9.17) is 14.5 Å². The Hall–Kier alpha value is -0.710. The fourth-order valence-corrected chi connectivity index (χ4v) is 3.25. The number of hydrogen-bond acceptors (Lipinski definition) is 4. The van der Waals surface area contributed by atoms with Gasteiger partial charge in [0.05, 0.1) is 0 Å². The highest BCUT2D eigenvalue weighted by molar-refractivity contribution is 5.79. The van der Waals surface area contributed by atoms with Crippen molar-refractivity contribution in [1.82, 2.24) is 0 Å². The number of allylic oxidation sites excluding steroid dienone is 1. The van der Waals surface area contributed by atoms with Gasteiger partial charge in [-0.2, -0.15) is 0 Å². The number of rotatable bonds is 1. The molecule has 0 amide bonds. The predicted molar refractivity (Wildman–Crippen MR) is 73.8 cm³/mol. The second-order valence-electron chi connectivity index (χ2n) is 6.86. The van der Waals surface area contributed by atoms with E-state index in [1.165, 1.54) is 5.57 Å². The average molecular weight is 280 g/mol. The predicted octanol–water partition coefficient (Wildman–Crippen LogP) is 3.31. The van der Waals surface area contributed by atoms with Crippen LogP contribution in [0.3, 0.4) is 0 Å². The van der Waals surface area contributed by atoms with Gasteiger partial charge in [-0.05, 0) is 25.7 Å². The van der Waals surface area contributed by atoms with Crippen molar-refractivity contribution >= 4 is 5.78 Å². The minimum atomic E-state index is -0.714. The summed E-state index contributed by atoms with van der Waals surface area (Å²) in [6.07, 6.45) is 6.33. The van der Waals surface area contributed by atoms with Crippen LogP contribution in [0.15, 0.2) is 11.6 Å². The molecule has 0 aromatic rings. The summed E-state index contributed by atoms with van der Waals surface area (Å²) >= 11 is 0. The first-order valence-electron chi connectivity index (χ1n) is 7.69. The SMILES string of the molecule is CC(C)C1=CC2OC3(CCC(=O)CC3)OOC2(C)CC1. The van der Waals surface area contributed by atoms with Crippen LogP contribution in [-0.4, -0.2) is 23.3 Å².